The van der Waals surface area contributed by atoms with Crippen molar-refractivity contribution in [2.75, 3.05) is 5.32 Å². The number of rotatable bonds is 4. The SMILES string of the molecule is CC1C=C(Cl)C=CC1Oc1ccc(NC(=O)c2c(F)cccc2F)cc1. The van der Waals surface area contributed by atoms with E-state index in [0.717, 1.165) is 12.1 Å². The summed E-state index contributed by atoms with van der Waals surface area (Å²) in [7, 11) is 0. The summed E-state index contributed by atoms with van der Waals surface area (Å²) in [5.74, 6) is -1.94. The summed E-state index contributed by atoms with van der Waals surface area (Å²) in [6.07, 6.45) is 5.42. The molecule has 0 bridgehead atoms. The van der Waals surface area contributed by atoms with Crippen LogP contribution >= 0.6 is 11.6 Å². The maximum Gasteiger partial charge on any atom is 0.261 e. The molecule has 134 valence electrons. The lowest BCUT2D eigenvalue weighted by molar-refractivity contribution is 0.101. The van der Waals surface area contributed by atoms with Crippen molar-refractivity contribution in [1.29, 1.82) is 0 Å². The summed E-state index contributed by atoms with van der Waals surface area (Å²) in [6, 6.07) is 9.83. The summed E-state index contributed by atoms with van der Waals surface area (Å²) in [4.78, 5) is 12.1. The van der Waals surface area contributed by atoms with E-state index in [1.54, 1.807) is 30.3 Å². The molecule has 6 heteroatoms. The monoisotopic (exact) mass is 375 g/mol. The summed E-state index contributed by atoms with van der Waals surface area (Å²) in [5, 5.41) is 3.15. The first kappa shape index (κ1) is 18.1. The molecule has 0 aromatic heterocycles. The van der Waals surface area contributed by atoms with Gasteiger partial charge in [0.05, 0.1) is 0 Å². The Hall–Kier alpha value is -2.66. The second-order valence-corrected chi connectivity index (χ2v) is 6.36. The van der Waals surface area contributed by atoms with Gasteiger partial charge in [0, 0.05) is 16.6 Å². The average molecular weight is 376 g/mol. The predicted octanol–water partition coefficient (Wildman–Crippen LogP) is 5.29. The molecule has 2 atom stereocenters. The van der Waals surface area contributed by atoms with Crippen molar-refractivity contribution in [1.82, 2.24) is 0 Å². The first-order chi connectivity index (χ1) is 12.4. The molecule has 1 amide bonds. The third-order valence-electron chi connectivity index (χ3n) is 3.96. The van der Waals surface area contributed by atoms with Gasteiger partial charge in [-0.15, -0.1) is 0 Å². The third kappa shape index (κ3) is 4.11. The fourth-order valence-electron chi connectivity index (χ4n) is 2.59. The fraction of sp³-hybridized carbons (Fsp3) is 0.150. The molecule has 1 aliphatic rings. The molecule has 2 unspecified atom stereocenters. The Bertz CT molecular complexity index is 858. The van der Waals surface area contributed by atoms with E-state index in [1.165, 1.54) is 6.07 Å². The maximum atomic E-state index is 13.7. The normalized spacial score (nSPS) is 19.0. The number of carbonyl (C=O) groups excluding carboxylic acids is 1. The summed E-state index contributed by atoms with van der Waals surface area (Å²) in [5.41, 5.74) is -0.210. The number of halogens is 3. The molecule has 26 heavy (non-hydrogen) atoms. The smallest absolute Gasteiger partial charge is 0.261 e. The van der Waals surface area contributed by atoms with Crippen LogP contribution in [0.3, 0.4) is 0 Å². The summed E-state index contributed by atoms with van der Waals surface area (Å²) >= 11 is 5.95. The van der Waals surface area contributed by atoms with Crippen LogP contribution in [0.2, 0.25) is 0 Å². The second-order valence-electron chi connectivity index (χ2n) is 5.93. The number of allylic oxidation sites excluding steroid dienone is 2. The van der Waals surface area contributed by atoms with Crippen molar-refractivity contribution >= 4 is 23.2 Å². The summed E-state index contributed by atoms with van der Waals surface area (Å²) < 4.78 is 33.2. The Labute approximate surface area is 154 Å². The van der Waals surface area contributed by atoms with Crippen LogP contribution in [0.15, 0.2) is 65.7 Å². The van der Waals surface area contributed by atoms with E-state index in [-0.39, 0.29) is 12.0 Å². The predicted molar refractivity (Wildman–Crippen MR) is 97.4 cm³/mol. The van der Waals surface area contributed by atoms with Gasteiger partial charge in [-0.1, -0.05) is 30.7 Å². The molecule has 1 N–H and O–H groups in total. The molecule has 2 aromatic rings. The van der Waals surface area contributed by atoms with Crippen molar-refractivity contribution in [3.8, 4) is 5.75 Å². The lowest BCUT2D eigenvalue weighted by atomic mass is 10.00. The summed E-state index contributed by atoms with van der Waals surface area (Å²) in [6.45, 7) is 1.99. The van der Waals surface area contributed by atoms with Crippen molar-refractivity contribution in [2.45, 2.75) is 13.0 Å². The minimum Gasteiger partial charge on any atom is -0.486 e. The molecule has 2 aromatic carbocycles. The van der Waals surface area contributed by atoms with Crippen LogP contribution in [-0.4, -0.2) is 12.0 Å². The highest BCUT2D eigenvalue weighted by Gasteiger charge is 2.19. The van der Waals surface area contributed by atoms with Crippen molar-refractivity contribution < 1.29 is 18.3 Å². The molecule has 1 aliphatic carbocycles. The van der Waals surface area contributed by atoms with Gasteiger partial charge in [0.25, 0.3) is 5.91 Å². The van der Waals surface area contributed by atoms with Gasteiger partial charge < -0.3 is 10.1 Å². The van der Waals surface area contributed by atoms with Gasteiger partial charge in [0.1, 0.15) is 29.1 Å². The molecule has 0 saturated heterocycles. The van der Waals surface area contributed by atoms with E-state index in [1.807, 2.05) is 19.1 Å². The van der Waals surface area contributed by atoms with Crippen LogP contribution in [0, 0.1) is 17.6 Å². The van der Waals surface area contributed by atoms with E-state index < -0.39 is 23.1 Å². The van der Waals surface area contributed by atoms with Gasteiger partial charge >= 0.3 is 0 Å². The number of benzene rings is 2. The molecule has 0 saturated carbocycles. The van der Waals surface area contributed by atoms with Crippen molar-refractivity contribution in [3.63, 3.8) is 0 Å². The van der Waals surface area contributed by atoms with Gasteiger partial charge in [0.2, 0.25) is 0 Å². The van der Waals surface area contributed by atoms with Crippen LogP contribution in [0.1, 0.15) is 17.3 Å². The minimum atomic E-state index is -0.910. The van der Waals surface area contributed by atoms with E-state index >= 15 is 0 Å². The Morgan fingerprint density at radius 1 is 1.12 bits per heavy atom. The number of hydrogen-bond acceptors (Lipinski definition) is 2. The van der Waals surface area contributed by atoms with Crippen LogP contribution in [0.5, 0.6) is 5.75 Å². The Morgan fingerprint density at radius 3 is 2.38 bits per heavy atom. The van der Waals surface area contributed by atoms with Gasteiger partial charge in [-0.05, 0) is 48.6 Å². The van der Waals surface area contributed by atoms with Crippen molar-refractivity contribution in [2.24, 2.45) is 5.92 Å². The largest absolute Gasteiger partial charge is 0.486 e. The first-order valence-electron chi connectivity index (χ1n) is 8.01. The molecular formula is C20H16ClF2NO2. The molecule has 0 aliphatic heterocycles. The van der Waals surface area contributed by atoms with Crippen LogP contribution < -0.4 is 10.1 Å². The molecule has 0 heterocycles. The molecule has 0 fully saturated rings. The maximum absolute atomic E-state index is 13.7. The lowest BCUT2D eigenvalue weighted by Gasteiger charge is -2.23. The zero-order valence-electron chi connectivity index (χ0n) is 13.9. The van der Waals surface area contributed by atoms with Gasteiger partial charge in [0.15, 0.2) is 0 Å². The molecule has 3 rings (SSSR count). The zero-order chi connectivity index (χ0) is 18.7. The van der Waals surface area contributed by atoms with E-state index in [9.17, 15) is 13.6 Å². The fourth-order valence-corrected chi connectivity index (χ4v) is 2.86. The number of carbonyl (C=O) groups is 1. The van der Waals surface area contributed by atoms with Gasteiger partial charge in [-0.2, -0.15) is 0 Å². The number of nitrogens with one attached hydrogen (secondary N) is 1. The number of anilines is 1. The second kappa shape index (κ2) is 7.70. The first-order valence-corrected chi connectivity index (χ1v) is 8.39. The van der Waals surface area contributed by atoms with Crippen LogP contribution in [0.4, 0.5) is 14.5 Å². The Kier molecular flexibility index (Phi) is 5.38. The van der Waals surface area contributed by atoms with Crippen LogP contribution in [-0.2, 0) is 0 Å². The Morgan fingerprint density at radius 2 is 1.77 bits per heavy atom. The number of hydrogen-bond donors (Lipinski definition) is 1. The van der Waals surface area contributed by atoms with Crippen molar-refractivity contribution in [3.05, 3.63) is 82.9 Å². The molecular weight excluding hydrogens is 360 g/mol. The average Bonchev–Trinajstić information content (AvgIpc) is 2.59. The van der Waals surface area contributed by atoms with Gasteiger partial charge in [-0.25, -0.2) is 8.78 Å². The topological polar surface area (TPSA) is 38.3 Å². The zero-order valence-corrected chi connectivity index (χ0v) is 14.6. The van der Waals surface area contributed by atoms with E-state index in [2.05, 4.69) is 5.32 Å². The lowest BCUT2D eigenvalue weighted by Crippen LogP contribution is -2.23. The van der Waals surface area contributed by atoms with E-state index in [0.29, 0.717) is 16.5 Å². The highest BCUT2D eigenvalue weighted by atomic mass is 35.5. The highest BCUT2D eigenvalue weighted by molar-refractivity contribution is 6.31. The number of ether oxygens (including phenoxy) is 1. The molecule has 0 spiro atoms. The Balaban J connectivity index is 1.67. The molecule has 0 radical (unpaired) electrons. The van der Waals surface area contributed by atoms with Crippen LogP contribution in [0.25, 0.3) is 0 Å². The minimum absolute atomic E-state index is 0.121. The standard InChI is InChI=1S/C20H16ClF2NO2/c1-12-11-13(21)5-10-18(12)26-15-8-6-14(7-9-15)24-20(25)19-16(22)3-2-4-17(19)23/h2-12,18H,1H3,(H,24,25). The number of amides is 1. The molecule has 3 nitrogen and oxygen atoms in total. The highest BCUT2D eigenvalue weighted by Crippen LogP contribution is 2.25. The van der Waals surface area contributed by atoms with Gasteiger partial charge in [-0.3, -0.25) is 4.79 Å². The quantitative estimate of drug-likeness (QED) is 0.788. The van der Waals surface area contributed by atoms with E-state index in [4.69, 9.17) is 16.3 Å². The third-order valence-corrected chi connectivity index (χ3v) is 4.21.